The molecule has 2 aromatic carbocycles. The quantitative estimate of drug-likeness (QED) is 0.535. The molecule has 0 fully saturated rings. The average Bonchev–Trinajstić information content (AvgIpc) is 2.49. The number of benzene rings is 2. The topological polar surface area (TPSA) is 84.6 Å². The number of non-ortho nitro benzene ring substituents is 1. The Bertz CT molecular complexity index is 716. The maximum absolute atomic E-state index is 11.8. The molecule has 106 valence electrons. The Kier molecular flexibility index (Phi) is 4.63. The summed E-state index contributed by atoms with van der Waals surface area (Å²) in [5.74, 6) is -0.540. The highest BCUT2D eigenvalue weighted by Crippen LogP contribution is 2.13. The van der Waals surface area contributed by atoms with Crippen LogP contribution in [-0.4, -0.2) is 17.0 Å². The zero-order chi connectivity index (χ0) is 15.2. The Morgan fingerprint density at radius 1 is 1.24 bits per heavy atom. The number of halogens is 1. The zero-order valence-corrected chi connectivity index (χ0v) is 11.4. The number of nitrogens with one attached hydrogen (secondary N) is 1. The van der Waals surface area contributed by atoms with Crippen molar-refractivity contribution in [2.24, 2.45) is 5.10 Å². The van der Waals surface area contributed by atoms with Gasteiger partial charge in [0.1, 0.15) is 0 Å². The number of nitrogens with zero attached hydrogens (tertiary/aromatic N) is 2. The summed E-state index contributed by atoms with van der Waals surface area (Å²) in [7, 11) is 0. The lowest BCUT2D eigenvalue weighted by molar-refractivity contribution is -0.384. The van der Waals surface area contributed by atoms with E-state index in [0.717, 1.165) is 0 Å². The van der Waals surface area contributed by atoms with Crippen LogP contribution in [0.4, 0.5) is 5.69 Å². The van der Waals surface area contributed by atoms with Gasteiger partial charge in [-0.05, 0) is 12.1 Å². The molecule has 0 saturated carbocycles. The van der Waals surface area contributed by atoms with Crippen molar-refractivity contribution in [2.45, 2.75) is 0 Å². The molecule has 1 N–H and O–H groups in total. The molecule has 6 nitrogen and oxygen atoms in total. The van der Waals surface area contributed by atoms with Crippen molar-refractivity contribution in [1.82, 2.24) is 5.43 Å². The third-order valence-electron chi connectivity index (χ3n) is 2.59. The van der Waals surface area contributed by atoms with Gasteiger partial charge in [-0.2, -0.15) is 5.10 Å². The number of amides is 1. The SMILES string of the molecule is O=C(N/N=C\c1ccccc1Cl)c1cccc([N+](=O)[O-])c1. The molecule has 0 aliphatic carbocycles. The molecule has 0 atom stereocenters. The Morgan fingerprint density at radius 3 is 2.71 bits per heavy atom. The summed E-state index contributed by atoms with van der Waals surface area (Å²) in [6.07, 6.45) is 1.40. The first-order chi connectivity index (χ1) is 10.1. The predicted octanol–water partition coefficient (Wildman–Crippen LogP) is 3.01. The highest BCUT2D eigenvalue weighted by atomic mass is 35.5. The van der Waals surface area contributed by atoms with E-state index in [1.54, 1.807) is 24.3 Å². The van der Waals surface area contributed by atoms with Crippen molar-refractivity contribution in [3.8, 4) is 0 Å². The third-order valence-corrected chi connectivity index (χ3v) is 2.94. The number of hydrogen-bond donors (Lipinski definition) is 1. The van der Waals surface area contributed by atoms with Gasteiger partial charge in [-0.3, -0.25) is 14.9 Å². The molecule has 0 spiro atoms. The fraction of sp³-hybridized carbons (Fsp3) is 0. The predicted molar refractivity (Wildman–Crippen MR) is 79.6 cm³/mol. The molecule has 0 radical (unpaired) electrons. The normalized spacial score (nSPS) is 10.5. The Hall–Kier alpha value is -2.73. The van der Waals surface area contributed by atoms with E-state index in [1.165, 1.54) is 30.5 Å². The van der Waals surface area contributed by atoms with Gasteiger partial charge < -0.3 is 0 Å². The van der Waals surface area contributed by atoms with Gasteiger partial charge >= 0.3 is 0 Å². The van der Waals surface area contributed by atoms with Gasteiger partial charge in [0.15, 0.2) is 0 Å². The first kappa shape index (κ1) is 14.7. The largest absolute Gasteiger partial charge is 0.271 e. The second-order valence-electron chi connectivity index (χ2n) is 4.03. The molecule has 0 aromatic heterocycles. The highest BCUT2D eigenvalue weighted by Gasteiger charge is 2.10. The van der Waals surface area contributed by atoms with Gasteiger partial charge in [-0.1, -0.05) is 35.9 Å². The fourth-order valence-corrected chi connectivity index (χ4v) is 1.75. The summed E-state index contributed by atoms with van der Waals surface area (Å²) in [6.45, 7) is 0. The number of hydrazone groups is 1. The van der Waals surface area contributed by atoms with Crippen LogP contribution in [0, 0.1) is 10.1 Å². The smallest absolute Gasteiger partial charge is 0.267 e. The van der Waals surface area contributed by atoms with E-state index in [-0.39, 0.29) is 11.3 Å². The van der Waals surface area contributed by atoms with Crippen molar-refractivity contribution in [2.75, 3.05) is 0 Å². The molecular weight excluding hydrogens is 294 g/mol. The number of nitro benzene ring substituents is 1. The molecule has 0 unspecified atom stereocenters. The van der Waals surface area contributed by atoms with Crippen LogP contribution in [0.2, 0.25) is 5.02 Å². The van der Waals surface area contributed by atoms with Crippen molar-refractivity contribution < 1.29 is 9.72 Å². The van der Waals surface area contributed by atoms with Crippen LogP contribution in [-0.2, 0) is 0 Å². The summed E-state index contributed by atoms with van der Waals surface area (Å²) >= 11 is 5.93. The number of rotatable bonds is 4. The monoisotopic (exact) mass is 303 g/mol. The molecule has 7 heteroatoms. The van der Waals surface area contributed by atoms with Gasteiger partial charge in [-0.25, -0.2) is 5.43 Å². The van der Waals surface area contributed by atoms with Crippen LogP contribution in [0.1, 0.15) is 15.9 Å². The number of carbonyl (C=O) groups is 1. The van der Waals surface area contributed by atoms with Gasteiger partial charge in [0.05, 0.1) is 11.1 Å². The maximum atomic E-state index is 11.8. The van der Waals surface area contributed by atoms with Crippen molar-refractivity contribution >= 4 is 29.4 Å². The van der Waals surface area contributed by atoms with Crippen LogP contribution >= 0.6 is 11.6 Å². The van der Waals surface area contributed by atoms with E-state index < -0.39 is 10.8 Å². The van der Waals surface area contributed by atoms with Crippen LogP contribution in [0.3, 0.4) is 0 Å². The summed E-state index contributed by atoms with van der Waals surface area (Å²) in [5, 5.41) is 14.9. The summed E-state index contributed by atoms with van der Waals surface area (Å²) in [6, 6.07) is 12.4. The lowest BCUT2D eigenvalue weighted by atomic mass is 10.2. The molecule has 0 aliphatic rings. The minimum Gasteiger partial charge on any atom is -0.267 e. The minimum atomic E-state index is -0.566. The van der Waals surface area contributed by atoms with Crippen LogP contribution in [0.25, 0.3) is 0 Å². The third kappa shape index (κ3) is 3.87. The minimum absolute atomic E-state index is 0.153. The molecule has 0 saturated heterocycles. The maximum Gasteiger partial charge on any atom is 0.271 e. The first-order valence-electron chi connectivity index (χ1n) is 5.90. The fourth-order valence-electron chi connectivity index (χ4n) is 1.57. The highest BCUT2D eigenvalue weighted by molar-refractivity contribution is 6.33. The molecule has 0 aliphatic heterocycles. The molecule has 2 rings (SSSR count). The number of nitro groups is 1. The number of hydrogen-bond acceptors (Lipinski definition) is 4. The van der Waals surface area contributed by atoms with Crippen molar-refractivity contribution in [3.63, 3.8) is 0 Å². The van der Waals surface area contributed by atoms with Crippen LogP contribution in [0.15, 0.2) is 53.6 Å². The second kappa shape index (κ2) is 6.62. The van der Waals surface area contributed by atoms with Crippen molar-refractivity contribution in [1.29, 1.82) is 0 Å². The van der Waals surface area contributed by atoms with Gasteiger partial charge in [0.2, 0.25) is 0 Å². The molecule has 21 heavy (non-hydrogen) atoms. The van der Waals surface area contributed by atoms with E-state index in [0.29, 0.717) is 10.6 Å². The Balaban J connectivity index is 2.07. The Morgan fingerprint density at radius 2 is 2.00 bits per heavy atom. The zero-order valence-electron chi connectivity index (χ0n) is 10.7. The molecule has 2 aromatic rings. The average molecular weight is 304 g/mol. The molecule has 1 amide bonds. The Labute approximate surface area is 125 Å². The molecule has 0 bridgehead atoms. The van der Waals surface area contributed by atoms with Gasteiger partial charge in [-0.15, -0.1) is 0 Å². The summed E-state index contributed by atoms with van der Waals surface area (Å²) < 4.78 is 0. The van der Waals surface area contributed by atoms with Gasteiger partial charge in [0, 0.05) is 28.3 Å². The first-order valence-corrected chi connectivity index (χ1v) is 6.28. The van der Waals surface area contributed by atoms with Gasteiger partial charge in [0.25, 0.3) is 11.6 Å². The van der Waals surface area contributed by atoms with Crippen molar-refractivity contribution in [3.05, 3.63) is 74.8 Å². The standard InChI is InChI=1S/C14H10ClN3O3/c15-13-7-2-1-4-11(13)9-16-17-14(19)10-5-3-6-12(8-10)18(20)21/h1-9H,(H,17,19)/b16-9-. The van der Waals surface area contributed by atoms with E-state index in [4.69, 9.17) is 11.6 Å². The van der Waals surface area contributed by atoms with E-state index in [9.17, 15) is 14.9 Å². The molecule has 0 heterocycles. The van der Waals surface area contributed by atoms with Crippen LogP contribution in [0.5, 0.6) is 0 Å². The summed E-state index contributed by atoms with van der Waals surface area (Å²) in [5.41, 5.74) is 2.94. The van der Waals surface area contributed by atoms with E-state index in [2.05, 4.69) is 10.5 Å². The van der Waals surface area contributed by atoms with Crippen LogP contribution < -0.4 is 5.43 Å². The summed E-state index contributed by atoms with van der Waals surface area (Å²) in [4.78, 5) is 21.9. The van der Waals surface area contributed by atoms with E-state index >= 15 is 0 Å². The lowest BCUT2D eigenvalue weighted by Crippen LogP contribution is -2.17. The lowest BCUT2D eigenvalue weighted by Gasteiger charge is -2.00. The second-order valence-corrected chi connectivity index (χ2v) is 4.44. The van der Waals surface area contributed by atoms with E-state index in [1.807, 2.05) is 0 Å². The number of carbonyl (C=O) groups excluding carboxylic acids is 1. The molecular formula is C14H10ClN3O3.